The lowest BCUT2D eigenvalue weighted by atomic mass is 10.4. The summed E-state index contributed by atoms with van der Waals surface area (Å²) in [6, 6.07) is 0.288. The summed E-state index contributed by atoms with van der Waals surface area (Å²) in [5, 5.41) is 4.26. The predicted octanol–water partition coefficient (Wildman–Crippen LogP) is 1.42. The number of amides is 1. The van der Waals surface area contributed by atoms with E-state index >= 15 is 0 Å². The second kappa shape index (κ2) is 5.35. The van der Waals surface area contributed by atoms with Gasteiger partial charge in [-0.3, -0.25) is 4.79 Å². The summed E-state index contributed by atoms with van der Waals surface area (Å²) >= 11 is 3.32. The molecular weight excluding hydrogens is 314 g/mol. The zero-order valence-corrected chi connectivity index (χ0v) is 12.2. The van der Waals surface area contributed by atoms with Gasteiger partial charge < -0.3 is 9.64 Å². The predicted molar refractivity (Wildman–Crippen MR) is 72.5 cm³/mol. The minimum Gasteiger partial charge on any atom is -0.467 e. The van der Waals surface area contributed by atoms with Gasteiger partial charge in [0.05, 0.1) is 31.4 Å². The maximum absolute atomic E-state index is 11.4. The van der Waals surface area contributed by atoms with E-state index in [0.29, 0.717) is 16.0 Å². The van der Waals surface area contributed by atoms with Crippen molar-refractivity contribution < 1.29 is 9.53 Å². The number of halogens is 1. The number of carbonyl (C=O) groups excluding carboxylic acids is 1. The average molecular weight is 326 g/mol. The monoisotopic (exact) mass is 325 g/mol. The van der Waals surface area contributed by atoms with Crippen LogP contribution in [-0.4, -0.2) is 39.8 Å². The second-order valence-corrected chi connectivity index (χ2v) is 4.51. The van der Waals surface area contributed by atoms with E-state index < -0.39 is 0 Å². The highest BCUT2D eigenvalue weighted by molar-refractivity contribution is 9.10. The van der Waals surface area contributed by atoms with Crippen LogP contribution < -0.4 is 9.64 Å². The number of carbonyl (C=O) groups is 1. The van der Waals surface area contributed by atoms with Crippen molar-refractivity contribution in [2.45, 2.75) is 6.92 Å². The third-order valence-electron chi connectivity index (χ3n) is 2.55. The summed E-state index contributed by atoms with van der Waals surface area (Å²) in [5.74, 6) is -0.0776. The number of nitrogens with zero attached hydrogens (tertiary/aromatic N) is 5. The number of hydrogen-bond donors (Lipinski definition) is 0. The first kappa shape index (κ1) is 13.5. The minimum atomic E-state index is -0.0776. The Kier molecular flexibility index (Phi) is 3.79. The third kappa shape index (κ3) is 2.73. The number of ether oxygens (including phenoxy) is 1. The Balaban J connectivity index is 2.35. The van der Waals surface area contributed by atoms with Crippen LogP contribution in [0.1, 0.15) is 6.92 Å². The van der Waals surface area contributed by atoms with Crippen molar-refractivity contribution in [3.63, 3.8) is 0 Å². The standard InChI is InChI=1S/C11H12BrN5O2/c1-7(18)16(2)9-6-17(15-10(9)12)8-4-13-11(19-3)14-5-8/h4-6H,1-3H3. The quantitative estimate of drug-likeness (QED) is 0.853. The van der Waals surface area contributed by atoms with Crippen molar-refractivity contribution in [1.29, 1.82) is 0 Å². The van der Waals surface area contributed by atoms with Gasteiger partial charge in [0.15, 0.2) is 4.60 Å². The first-order chi connectivity index (χ1) is 9.02. The number of aromatic nitrogens is 4. The van der Waals surface area contributed by atoms with Crippen molar-refractivity contribution in [2.75, 3.05) is 19.1 Å². The maximum Gasteiger partial charge on any atom is 0.316 e. The van der Waals surface area contributed by atoms with Crippen LogP contribution in [0.3, 0.4) is 0 Å². The molecule has 0 saturated carbocycles. The van der Waals surface area contributed by atoms with Crippen molar-refractivity contribution in [1.82, 2.24) is 19.7 Å². The van der Waals surface area contributed by atoms with Crippen LogP contribution in [-0.2, 0) is 4.79 Å². The summed E-state index contributed by atoms with van der Waals surface area (Å²) in [6.07, 6.45) is 4.89. The van der Waals surface area contributed by atoms with Crippen molar-refractivity contribution >= 4 is 27.5 Å². The van der Waals surface area contributed by atoms with Gasteiger partial charge in [0, 0.05) is 14.0 Å². The van der Waals surface area contributed by atoms with Crippen molar-refractivity contribution in [2.24, 2.45) is 0 Å². The van der Waals surface area contributed by atoms with Crippen LogP contribution in [0.4, 0.5) is 5.69 Å². The molecule has 0 atom stereocenters. The van der Waals surface area contributed by atoms with Gasteiger partial charge in [0.2, 0.25) is 5.91 Å². The molecule has 0 unspecified atom stereocenters. The van der Waals surface area contributed by atoms with Gasteiger partial charge in [-0.15, -0.1) is 0 Å². The first-order valence-electron chi connectivity index (χ1n) is 5.38. The Morgan fingerprint density at radius 1 is 1.42 bits per heavy atom. The van der Waals surface area contributed by atoms with Gasteiger partial charge >= 0.3 is 6.01 Å². The average Bonchev–Trinajstić information content (AvgIpc) is 2.80. The number of hydrogen-bond acceptors (Lipinski definition) is 5. The molecule has 7 nitrogen and oxygen atoms in total. The summed E-state index contributed by atoms with van der Waals surface area (Å²) in [7, 11) is 3.18. The van der Waals surface area contributed by atoms with Gasteiger partial charge in [0.25, 0.3) is 0 Å². The van der Waals surface area contributed by atoms with E-state index in [9.17, 15) is 4.79 Å². The van der Waals surface area contributed by atoms with Gasteiger partial charge in [-0.05, 0) is 15.9 Å². The van der Waals surface area contributed by atoms with Gasteiger partial charge in [-0.25, -0.2) is 14.6 Å². The molecule has 0 N–H and O–H groups in total. The maximum atomic E-state index is 11.4. The van der Waals surface area contributed by atoms with Crippen molar-refractivity contribution in [3.05, 3.63) is 23.2 Å². The molecule has 100 valence electrons. The summed E-state index contributed by atoms with van der Waals surface area (Å²) < 4.78 is 7.04. The van der Waals surface area contributed by atoms with Crippen LogP contribution in [0.25, 0.3) is 5.69 Å². The smallest absolute Gasteiger partial charge is 0.316 e. The fourth-order valence-electron chi connectivity index (χ4n) is 1.40. The SMILES string of the molecule is COc1ncc(-n2cc(N(C)C(C)=O)c(Br)n2)cn1. The van der Waals surface area contributed by atoms with E-state index in [1.54, 1.807) is 30.3 Å². The molecule has 0 aliphatic rings. The number of methoxy groups -OCH3 is 1. The Labute approximate surface area is 118 Å². The van der Waals surface area contributed by atoms with E-state index in [1.165, 1.54) is 18.9 Å². The first-order valence-corrected chi connectivity index (χ1v) is 6.18. The summed E-state index contributed by atoms with van der Waals surface area (Å²) in [4.78, 5) is 20.9. The molecule has 1 amide bonds. The highest BCUT2D eigenvalue weighted by atomic mass is 79.9. The van der Waals surface area contributed by atoms with Crippen LogP contribution in [0.15, 0.2) is 23.2 Å². The second-order valence-electron chi connectivity index (χ2n) is 3.76. The van der Waals surface area contributed by atoms with Crippen LogP contribution in [0.5, 0.6) is 6.01 Å². The Hall–Kier alpha value is -1.96. The van der Waals surface area contributed by atoms with E-state index in [2.05, 4.69) is 31.0 Å². The molecular formula is C11H12BrN5O2. The molecule has 0 radical (unpaired) electrons. The molecule has 0 fully saturated rings. The number of rotatable bonds is 3. The molecule has 0 saturated heterocycles. The summed E-state index contributed by atoms with van der Waals surface area (Å²) in [6.45, 7) is 1.49. The van der Waals surface area contributed by atoms with Gasteiger partial charge in [-0.1, -0.05) is 0 Å². The van der Waals surface area contributed by atoms with Crippen LogP contribution in [0, 0.1) is 0 Å². The number of anilines is 1. The lowest BCUT2D eigenvalue weighted by Crippen LogP contribution is -2.22. The molecule has 0 bridgehead atoms. The molecule has 0 aliphatic heterocycles. The Morgan fingerprint density at radius 3 is 2.58 bits per heavy atom. The Bertz CT molecular complexity index is 596. The van der Waals surface area contributed by atoms with E-state index in [1.807, 2.05) is 0 Å². The van der Waals surface area contributed by atoms with Crippen molar-refractivity contribution in [3.8, 4) is 11.7 Å². The third-order valence-corrected chi connectivity index (χ3v) is 3.11. The van der Waals surface area contributed by atoms with Gasteiger partial charge in [0.1, 0.15) is 5.69 Å². The molecule has 0 aliphatic carbocycles. The lowest BCUT2D eigenvalue weighted by Gasteiger charge is -2.11. The summed E-state index contributed by atoms with van der Waals surface area (Å²) in [5.41, 5.74) is 1.34. The van der Waals surface area contributed by atoms with Crippen LogP contribution >= 0.6 is 15.9 Å². The molecule has 2 aromatic heterocycles. The van der Waals surface area contributed by atoms with E-state index in [-0.39, 0.29) is 11.9 Å². The minimum absolute atomic E-state index is 0.0776. The highest BCUT2D eigenvalue weighted by Gasteiger charge is 2.14. The highest BCUT2D eigenvalue weighted by Crippen LogP contribution is 2.25. The molecule has 2 heterocycles. The molecule has 2 aromatic rings. The zero-order chi connectivity index (χ0) is 14.0. The normalized spacial score (nSPS) is 10.3. The van der Waals surface area contributed by atoms with Gasteiger partial charge in [-0.2, -0.15) is 5.10 Å². The van der Waals surface area contributed by atoms with E-state index in [0.717, 1.165) is 0 Å². The van der Waals surface area contributed by atoms with E-state index in [4.69, 9.17) is 4.74 Å². The Morgan fingerprint density at radius 2 is 2.05 bits per heavy atom. The fraction of sp³-hybridized carbons (Fsp3) is 0.273. The molecule has 0 aromatic carbocycles. The molecule has 19 heavy (non-hydrogen) atoms. The zero-order valence-electron chi connectivity index (χ0n) is 10.7. The molecule has 2 rings (SSSR count). The topological polar surface area (TPSA) is 73.1 Å². The largest absolute Gasteiger partial charge is 0.467 e. The fourth-order valence-corrected chi connectivity index (χ4v) is 1.94. The molecule has 8 heteroatoms. The lowest BCUT2D eigenvalue weighted by molar-refractivity contribution is -0.116. The van der Waals surface area contributed by atoms with Crippen LogP contribution in [0.2, 0.25) is 0 Å². The molecule has 0 spiro atoms.